The zero-order valence-electron chi connectivity index (χ0n) is 14.1. The predicted octanol–water partition coefficient (Wildman–Crippen LogP) is 2.80. The molecular weight excluding hydrogens is 360 g/mol. The van der Waals surface area contributed by atoms with Gasteiger partial charge in [0.25, 0.3) is 15.9 Å². The maximum absolute atomic E-state index is 12.7. The van der Waals surface area contributed by atoms with Gasteiger partial charge in [-0.05, 0) is 49.6 Å². The van der Waals surface area contributed by atoms with Crippen LogP contribution in [0.3, 0.4) is 0 Å². The highest BCUT2D eigenvalue weighted by atomic mass is 32.2. The second kappa shape index (κ2) is 6.78. The van der Waals surface area contributed by atoms with Crippen LogP contribution in [0.25, 0.3) is 0 Å². The van der Waals surface area contributed by atoms with Crippen molar-refractivity contribution in [3.63, 3.8) is 0 Å². The molecule has 1 aliphatic rings. The summed E-state index contributed by atoms with van der Waals surface area (Å²) in [4.78, 5) is 14.5. The highest BCUT2D eigenvalue weighted by molar-refractivity contribution is 7.94. The number of sulfonamides is 1. The molecule has 1 saturated heterocycles. The number of ether oxygens (including phenoxy) is 1. The van der Waals surface area contributed by atoms with Crippen molar-refractivity contribution >= 4 is 33.0 Å². The van der Waals surface area contributed by atoms with Gasteiger partial charge in [-0.2, -0.15) is 0 Å². The quantitative estimate of drug-likeness (QED) is 0.885. The second-order valence-electron chi connectivity index (χ2n) is 6.44. The van der Waals surface area contributed by atoms with E-state index in [0.717, 1.165) is 11.3 Å². The predicted molar refractivity (Wildman–Crippen MR) is 97.5 cm³/mol. The van der Waals surface area contributed by atoms with Gasteiger partial charge in [0, 0.05) is 17.8 Å². The van der Waals surface area contributed by atoms with Crippen molar-refractivity contribution in [2.45, 2.75) is 23.6 Å². The molecule has 1 N–H and O–H groups in total. The normalized spacial score (nSPS) is 17.3. The van der Waals surface area contributed by atoms with Crippen molar-refractivity contribution < 1.29 is 17.9 Å². The molecule has 6 nitrogen and oxygen atoms in total. The number of carbonyl (C=O) groups is 1. The molecule has 1 aromatic heterocycles. The van der Waals surface area contributed by atoms with Gasteiger partial charge < -0.3 is 9.64 Å². The van der Waals surface area contributed by atoms with E-state index in [-0.39, 0.29) is 15.7 Å². The third kappa shape index (κ3) is 3.86. The lowest BCUT2D eigenvalue weighted by molar-refractivity contribution is -0.0370. The first-order chi connectivity index (χ1) is 11.8. The van der Waals surface area contributed by atoms with E-state index in [1.165, 1.54) is 0 Å². The van der Waals surface area contributed by atoms with Crippen molar-refractivity contribution in [1.82, 2.24) is 4.90 Å². The van der Waals surface area contributed by atoms with Crippen LogP contribution in [-0.2, 0) is 14.8 Å². The Morgan fingerprint density at radius 3 is 2.56 bits per heavy atom. The highest BCUT2D eigenvalue weighted by Gasteiger charge is 2.34. The zero-order valence-corrected chi connectivity index (χ0v) is 15.7. The molecule has 0 atom stereocenters. The fourth-order valence-electron chi connectivity index (χ4n) is 2.69. The lowest BCUT2D eigenvalue weighted by atomic mass is 10.0. The molecular formula is C17H20N2O4S2. The Morgan fingerprint density at radius 1 is 1.24 bits per heavy atom. The van der Waals surface area contributed by atoms with Crippen LogP contribution in [0, 0.1) is 0 Å². The summed E-state index contributed by atoms with van der Waals surface area (Å²) in [6.07, 6.45) is 0. The van der Waals surface area contributed by atoms with E-state index < -0.39 is 10.0 Å². The first-order valence-electron chi connectivity index (χ1n) is 7.86. The maximum Gasteiger partial charge on any atom is 0.271 e. The molecule has 0 aliphatic carbocycles. The number of hydrogen-bond donors (Lipinski definition) is 1. The van der Waals surface area contributed by atoms with Crippen molar-refractivity contribution in [2.75, 3.05) is 24.5 Å². The van der Waals surface area contributed by atoms with Gasteiger partial charge in [0.15, 0.2) is 0 Å². The number of carbonyl (C=O) groups excluding carboxylic acids is 1. The molecule has 1 aromatic carbocycles. The molecule has 0 spiro atoms. The highest BCUT2D eigenvalue weighted by Crippen LogP contribution is 2.24. The third-order valence-corrected chi connectivity index (χ3v) is 6.81. The molecule has 25 heavy (non-hydrogen) atoms. The molecule has 2 heterocycles. The summed E-state index contributed by atoms with van der Waals surface area (Å²) in [7, 11) is -3.59. The van der Waals surface area contributed by atoms with Crippen molar-refractivity contribution in [1.29, 1.82) is 0 Å². The van der Waals surface area contributed by atoms with E-state index in [1.807, 2.05) is 13.8 Å². The standard InChI is InChI=1S/C17H20N2O4S2/c1-17(2)12-23-10-9-19(17)16(20)13-5-7-14(8-6-13)18-25(21,22)15-4-3-11-24-15/h3-8,11,18H,9-10,12H2,1-2H3. The molecule has 2 aromatic rings. The van der Waals surface area contributed by atoms with Gasteiger partial charge in [-0.3, -0.25) is 9.52 Å². The van der Waals surface area contributed by atoms with Gasteiger partial charge in [-0.25, -0.2) is 8.42 Å². The second-order valence-corrected chi connectivity index (χ2v) is 9.29. The summed E-state index contributed by atoms with van der Waals surface area (Å²) in [6.45, 7) is 5.49. The number of morpholine rings is 1. The van der Waals surface area contributed by atoms with Gasteiger partial charge >= 0.3 is 0 Å². The van der Waals surface area contributed by atoms with Crippen molar-refractivity contribution in [2.24, 2.45) is 0 Å². The van der Waals surface area contributed by atoms with E-state index in [4.69, 9.17) is 4.74 Å². The summed E-state index contributed by atoms with van der Waals surface area (Å²) in [5, 5.41) is 1.71. The van der Waals surface area contributed by atoms with E-state index >= 15 is 0 Å². The van der Waals surface area contributed by atoms with E-state index in [9.17, 15) is 13.2 Å². The molecule has 8 heteroatoms. The van der Waals surface area contributed by atoms with Crippen LogP contribution in [0.1, 0.15) is 24.2 Å². The Labute approximate surface area is 151 Å². The monoisotopic (exact) mass is 380 g/mol. The number of hydrogen-bond acceptors (Lipinski definition) is 5. The first-order valence-corrected chi connectivity index (χ1v) is 10.2. The van der Waals surface area contributed by atoms with Gasteiger partial charge in [-0.15, -0.1) is 11.3 Å². The Balaban J connectivity index is 1.75. The lowest BCUT2D eigenvalue weighted by Crippen LogP contribution is -2.55. The van der Waals surface area contributed by atoms with E-state index in [0.29, 0.717) is 31.0 Å². The Kier molecular flexibility index (Phi) is 4.86. The zero-order chi connectivity index (χ0) is 18.1. The minimum absolute atomic E-state index is 0.0824. The molecule has 1 amide bonds. The molecule has 1 aliphatic heterocycles. The first kappa shape index (κ1) is 17.9. The molecule has 0 unspecified atom stereocenters. The van der Waals surface area contributed by atoms with Crippen LogP contribution in [0.5, 0.6) is 0 Å². The summed E-state index contributed by atoms with van der Waals surface area (Å²) in [5.41, 5.74) is 0.578. The SMILES string of the molecule is CC1(C)COCCN1C(=O)c1ccc(NS(=O)(=O)c2cccs2)cc1. The number of rotatable bonds is 4. The average molecular weight is 380 g/mol. The minimum atomic E-state index is -3.59. The van der Waals surface area contributed by atoms with Gasteiger partial charge in [0.1, 0.15) is 4.21 Å². The molecule has 0 saturated carbocycles. The van der Waals surface area contributed by atoms with E-state index in [1.54, 1.807) is 46.7 Å². The summed E-state index contributed by atoms with van der Waals surface area (Å²) >= 11 is 1.15. The smallest absolute Gasteiger partial charge is 0.271 e. The fourth-order valence-corrected chi connectivity index (χ4v) is 4.74. The molecule has 0 radical (unpaired) electrons. The van der Waals surface area contributed by atoms with Crippen LogP contribution in [0.2, 0.25) is 0 Å². The van der Waals surface area contributed by atoms with Crippen LogP contribution in [0.4, 0.5) is 5.69 Å². The number of thiophene rings is 1. The van der Waals surface area contributed by atoms with Crippen molar-refractivity contribution in [3.8, 4) is 0 Å². The summed E-state index contributed by atoms with van der Waals surface area (Å²) < 4.78 is 32.7. The Hall–Kier alpha value is -1.90. The average Bonchev–Trinajstić information content (AvgIpc) is 3.10. The number of amides is 1. The number of benzene rings is 1. The number of nitrogens with one attached hydrogen (secondary N) is 1. The number of anilines is 1. The summed E-state index contributed by atoms with van der Waals surface area (Å²) in [6, 6.07) is 9.72. The van der Waals surface area contributed by atoms with Crippen LogP contribution in [-0.4, -0.2) is 44.5 Å². The molecule has 1 fully saturated rings. The molecule has 3 rings (SSSR count). The van der Waals surface area contributed by atoms with Crippen LogP contribution >= 0.6 is 11.3 Å². The molecule has 0 bridgehead atoms. The van der Waals surface area contributed by atoms with Gasteiger partial charge in [0.05, 0.1) is 18.8 Å². The van der Waals surface area contributed by atoms with Gasteiger partial charge in [0.2, 0.25) is 0 Å². The van der Waals surface area contributed by atoms with Gasteiger partial charge in [-0.1, -0.05) is 6.07 Å². The number of nitrogens with zero attached hydrogens (tertiary/aromatic N) is 1. The fraction of sp³-hybridized carbons (Fsp3) is 0.353. The van der Waals surface area contributed by atoms with E-state index in [2.05, 4.69) is 4.72 Å². The summed E-state index contributed by atoms with van der Waals surface area (Å²) in [5.74, 6) is -0.0824. The maximum atomic E-state index is 12.7. The van der Waals surface area contributed by atoms with Crippen LogP contribution < -0.4 is 4.72 Å². The largest absolute Gasteiger partial charge is 0.377 e. The third-order valence-electron chi connectivity index (χ3n) is 4.03. The van der Waals surface area contributed by atoms with Crippen LogP contribution in [0.15, 0.2) is 46.0 Å². The Morgan fingerprint density at radius 2 is 1.96 bits per heavy atom. The minimum Gasteiger partial charge on any atom is -0.377 e. The topological polar surface area (TPSA) is 75.7 Å². The lowest BCUT2D eigenvalue weighted by Gasteiger charge is -2.42. The Bertz CT molecular complexity index is 843. The van der Waals surface area contributed by atoms with Crippen molar-refractivity contribution in [3.05, 3.63) is 47.3 Å². The molecule has 134 valence electrons.